The molecule has 0 fully saturated rings. The zero-order valence-corrected chi connectivity index (χ0v) is 9.14. The summed E-state index contributed by atoms with van der Waals surface area (Å²) in [7, 11) is 0. The molecule has 0 aliphatic rings. The largest absolute Gasteiger partial charge is 0.447 e. The van der Waals surface area contributed by atoms with Gasteiger partial charge in [0.2, 0.25) is 0 Å². The summed E-state index contributed by atoms with van der Waals surface area (Å²) in [5, 5.41) is 8.46. The Morgan fingerprint density at radius 3 is 3.00 bits per heavy atom. The molecule has 0 heterocycles. The fourth-order valence-electron chi connectivity index (χ4n) is 1.28. The van der Waals surface area contributed by atoms with Crippen LogP contribution in [-0.2, 0) is 16.0 Å². The molecule has 16 heavy (non-hydrogen) atoms. The van der Waals surface area contributed by atoms with Crippen LogP contribution < -0.4 is 5.73 Å². The number of nitrogen functional groups attached to an aromatic ring is 1. The molecule has 0 saturated heterocycles. The van der Waals surface area contributed by atoms with E-state index in [4.69, 9.17) is 15.7 Å². The van der Waals surface area contributed by atoms with E-state index in [1.54, 1.807) is 13.0 Å². The number of esters is 1. The second kappa shape index (κ2) is 5.76. The fraction of sp³-hybridized carbons (Fsp3) is 0.333. The minimum absolute atomic E-state index is 0.259. The van der Waals surface area contributed by atoms with Crippen molar-refractivity contribution in [3.05, 3.63) is 29.8 Å². The number of nitrogens with two attached hydrogens (primary N) is 1. The number of hydrogen-bond acceptors (Lipinski definition) is 4. The van der Waals surface area contributed by atoms with E-state index >= 15 is 0 Å². The van der Waals surface area contributed by atoms with Gasteiger partial charge in [0.05, 0.1) is 0 Å². The minimum atomic E-state index is -0.687. The van der Waals surface area contributed by atoms with Crippen LogP contribution in [0.2, 0.25) is 0 Å². The number of benzene rings is 1. The van der Waals surface area contributed by atoms with Gasteiger partial charge in [-0.1, -0.05) is 12.1 Å². The normalized spacial score (nSPS) is 11.5. The van der Waals surface area contributed by atoms with Gasteiger partial charge in [-0.25, -0.2) is 0 Å². The molecule has 0 aromatic heterocycles. The van der Waals surface area contributed by atoms with Gasteiger partial charge in [0, 0.05) is 12.1 Å². The van der Waals surface area contributed by atoms with Gasteiger partial charge >= 0.3 is 5.97 Å². The van der Waals surface area contributed by atoms with Crippen LogP contribution >= 0.6 is 0 Å². The van der Waals surface area contributed by atoms with Gasteiger partial charge in [-0.15, -0.1) is 0 Å². The summed E-state index contributed by atoms with van der Waals surface area (Å²) < 4.78 is 4.82. The Bertz CT molecular complexity index is 410. The van der Waals surface area contributed by atoms with Gasteiger partial charge in [-0.3, -0.25) is 4.79 Å². The van der Waals surface area contributed by atoms with Crippen molar-refractivity contribution in [1.82, 2.24) is 0 Å². The quantitative estimate of drug-likeness (QED) is 0.616. The monoisotopic (exact) mass is 218 g/mol. The number of aryl methyl sites for hydroxylation is 1. The van der Waals surface area contributed by atoms with Gasteiger partial charge in [-0.05, 0) is 31.0 Å². The summed E-state index contributed by atoms with van der Waals surface area (Å²) >= 11 is 0. The van der Waals surface area contributed by atoms with Crippen LogP contribution in [0.25, 0.3) is 0 Å². The second-order valence-electron chi connectivity index (χ2n) is 3.51. The average molecular weight is 218 g/mol. The van der Waals surface area contributed by atoms with E-state index in [0.717, 1.165) is 5.56 Å². The van der Waals surface area contributed by atoms with Crippen LogP contribution in [0.5, 0.6) is 0 Å². The third-order valence-corrected chi connectivity index (χ3v) is 2.06. The number of anilines is 1. The molecule has 1 aromatic carbocycles. The Morgan fingerprint density at radius 1 is 1.62 bits per heavy atom. The van der Waals surface area contributed by atoms with Gasteiger partial charge in [0.1, 0.15) is 6.07 Å². The SMILES string of the molecule is CC(C#N)OC(=O)CCc1cccc(N)c1. The van der Waals surface area contributed by atoms with Crippen molar-refractivity contribution in [2.24, 2.45) is 0 Å². The van der Waals surface area contributed by atoms with Crippen molar-refractivity contribution in [1.29, 1.82) is 5.26 Å². The number of carbonyl (C=O) groups is 1. The lowest BCUT2D eigenvalue weighted by Gasteiger charge is -2.06. The molecule has 0 saturated carbocycles. The molecule has 4 heteroatoms. The summed E-state index contributed by atoms with van der Waals surface area (Å²) in [6.45, 7) is 1.54. The summed E-state index contributed by atoms with van der Waals surface area (Å²) in [6, 6.07) is 9.19. The lowest BCUT2D eigenvalue weighted by Crippen LogP contribution is -2.13. The van der Waals surface area contributed by atoms with E-state index in [-0.39, 0.29) is 12.4 Å². The number of ether oxygens (including phenoxy) is 1. The Kier molecular flexibility index (Phi) is 4.34. The first-order chi connectivity index (χ1) is 7.61. The van der Waals surface area contributed by atoms with Crippen molar-refractivity contribution in [3.8, 4) is 6.07 Å². The molecule has 0 radical (unpaired) electrons. The second-order valence-corrected chi connectivity index (χ2v) is 3.51. The van der Waals surface area contributed by atoms with E-state index in [1.807, 2.05) is 24.3 Å². The molecular formula is C12H14N2O2. The molecule has 1 rings (SSSR count). The summed E-state index contributed by atoms with van der Waals surface area (Å²) in [5.41, 5.74) is 7.27. The molecule has 0 aliphatic heterocycles. The molecule has 0 aliphatic carbocycles. The molecule has 1 aromatic rings. The summed E-state index contributed by atoms with van der Waals surface area (Å²) in [5.74, 6) is -0.364. The maximum Gasteiger partial charge on any atom is 0.307 e. The smallest absolute Gasteiger partial charge is 0.307 e. The first kappa shape index (κ1) is 12.1. The van der Waals surface area contributed by atoms with Crippen LogP contribution in [0.4, 0.5) is 5.69 Å². The molecule has 0 spiro atoms. The van der Waals surface area contributed by atoms with Crippen molar-refractivity contribution >= 4 is 11.7 Å². The van der Waals surface area contributed by atoms with Crippen molar-refractivity contribution < 1.29 is 9.53 Å². The molecule has 0 bridgehead atoms. The minimum Gasteiger partial charge on any atom is -0.447 e. The number of hydrogen-bond donors (Lipinski definition) is 1. The highest BCUT2D eigenvalue weighted by molar-refractivity contribution is 5.70. The number of nitrogens with zero attached hydrogens (tertiary/aromatic N) is 1. The maximum atomic E-state index is 11.3. The molecule has 4 nitrogen and oxygen atoms in total. The van der Waals surface area contributed by atoms with Crippen molar-refractivity contribution in [2.75, 3.05) is 5.73 Å². The number of carbonyl (C=O) groups excluding carboxylic acids is 1. The van der Waals surface area contributed by atoms with Crippen LogP contribution in [0.3, 0.4) is 0 Å². The van der Waals surface area contributed by atoms with E-state index in [1.165, 1.54) is 0 Å². The third kappa shape index (κ3) is 4.01. The number of nitriles is 1. The summed E-state index contributed by atoms with van der Waals surface area (Å²) in [6.07, 6.45) is 0.144. The van der Waals surface area contributed by atoms with Crippen LogP contribution in [0.1, 0.15) is 18.9 Å². The number of rotatable bonds is 4. The van der Waals surface area contributed by atoms with Crippen LogP contribution in [0, 0.1) is 11.3 Å². The van der Waals surface area contributed by atoms with Crippen molar-refractivity contribution in [2.45, 2.75) is 25.9 Å². The zero-order chi connectivity index (χ0) is 12.0. The fourth-order valence-corrected chi connectivity index (χ4v) is 1.28. The topological polar surface area (TPSA) is 76.1 Å². The van der Waals surface area contributed by atoms with Crippen LogP contribution in [-0.4, -0.2) is 12.1 Å². The van der Waals surface area contributed by atoms with Gasteiger partial charge in [-0.2, -0.15) is 5.26 Å². The van der Waals surface area contributed by atoms with E-state index < -0.39 is 6.10 Å². The van der Waals surface area contributed by atoms with Crippen molar-refractivity contribution in [3.63, 3.8) is 0 Å². The standard InChI is InChI=1S/C12H14N2O2/c1-9(8-13)16-12(15)6-5-10-3-2-4-11(14)7-10/h2-4,7,9H,5-6,14H2,1H3. The molecule has 2 N–H and O–H groups in total. The lowest BCUT2D eigenvalue weighted by atomic mass is 10.1. The lowest BCUT2D eigenvalue weighted by molar-refractivity contribution is -0.145. The highest BCUT2D eigenvalue weighted by Crippen LogP contribution is 2.09. The molecule has 1 unspecified atom stereocenters. The molecular weight excluding hydrogens is 204 g/mol. The predicted octanol–water partition coefficient (Wildman–Crippen LogP) is 1.66. The molecule has 1 atom stereocenters. The molecule has 0 amide bonds. The highest BCUT2D eigenvalue weighted by Gasteiger charge is 2.08. The third-order valence-electron chi connectivity index (χ3n) is 2.06. The Labute approximate surface area is 94.6 Å². The molecule has 84 valence electrons. The predicted molar refractivity (Wildman–Crippen MR) is 60.3 cm³/mol. The first-order valence-corrected chi connectivity index (χ1v) is 5.05. The van der Waals surface area contributed by atoms with E-state index in [2.05, 4.69) is 0 Å². The van der Waals surface area contributed by atoms with Gasteiger partial charge in [0.15, 0.2) is 6.10 Å². The van der Waals surface area contributed by atoms with Gasteiger partial charge < -0.3 is 10.5 Å². The first-order valence-electron chi connectivity index (χ1n) is 5.05. The maximum absolute atomic E-state index is 11.3. The highest BCUT2D eigenvalue weighted by atomic mass is 16.5. The summed E-state index contributed by atoms with van der Waals surface area (Å²) in [4.78, 5) is 11.3. The average Bonchev–Trinajstić information content (AvgIpc) is 2.26. The van der Waals surface area contributed by atoms with Crippen LogP contribution in [0.15, 0.2) is 24.3 Å². The van der Waals surface area contributed by atoms with E-state index in [0.29, 0.717) is 12.1 Å². The Morgan fingerprint density at radius 2 is 2.38 bits per heavy atom. The Hall–Kier alpha value is -2.02. The van der Waals surface area contributed by atoms with Gasteiger partial charge in [0.25, 0.3) is 0 Å². The Balaban J connectivity index is 2.41. The zero-order valence-electron chi connectivity index (χ0n) is 9.14. The van der Waals surface area contributed by atoms with E-state index in [9.17, 15) is 4.79 Å².